The summed E-state index contributed by atoms with van der Waals surface area (Å²) in [5.74, 6) is 1.60. The highest BCUT2D eigenvalue weighted by molar-refractivity contribution is 7.17. The minimum absolute atomic E-state index is 0.243. The maximum atomic E-state index is 11.1. The average Bonchev–Trinajstić information content (AvgIpc) is 2.79. The summed E-state index contributed by atoms with van der Waals surface area (Å²) in [4.78, 5) is 17.4. The number of hydrogen-bond acceptors (Lipinski definition) is 4. The molecule has 0 unspecified atom stereocenters. The zero-order valence-corrected chi connectivity index (χ0v) is 11.1. The summed E-state index contributed by atoms with van der Waals surface area (Å²) in [6, 6.07) is 9.53. The first-order chi connectivity index (χ1) is 9.13. The molecule has 0 aliphatic carbocycles. The third kappa shape index (κ3) is 2.75. The highest BCUT2D eigenvalue weighted by Gasteiger charge is 2.18. The van der Waals surface area contributed by atoms with E-state index in [9.17, 15) is 4.79 Å². The largest absolute Gasteiger partial charge is 0.477 e. The van der Waals surface area contributed by atoms with Crippen LogP contribution in [0.25, 0.3) is 0 Å². The van der Waals surface area contributed by atoms with Gasteiger partial charge in [-0.15, -0.1) is 6.42 Å². The summed E-state index contributed by atoms with van der Waals surface area (Å²) in [6.07, 6.45) is 5.38. The lowest BCUT2D eigenvalue weighted by Gasteiger charge is -2.18. The van der Waals surface area contributed by atoms with E-state index in [1.165, 1.54) is 0 Å². The van der Waals surface area contributed by atoms with Crippen molar-refractivity contribution in [3.05, 3.63) is 40.9 Å². The number of carboxylic acids is 1. The van der Waals surface area contributed by atoms with Gasteiger partial charge < -0.3 is 10.0 Å². The number of benzene rings is 1. The second-order valence-electron chi connectivity index (χ2n) is 3.84. The van der Waals surface area contributed by atoms with E-state index in [-0.39, 0.29) is 4.88 Å². The maximum Gasteiger partial charge on any atom is 0.347 e. The zero-order chi connectivity index (χ0) is 13.8. The number of nitrogens with zero attached hydrogens (tertiary/aromatic N) is 2. The first kappa shape index (κ1) is 13.1. The third-order valence-corrected chi connectivity index (χ3v) is 3.70. The first-order valence-corrected chi connectivity index (χ1v) is 6.42. The van der Waals surface area contributed by atoms with E-state index in [1.807, 2.05) is 35.2 Å². The van der Waals surface area contributed by atoms with Crippen LogP contribution in [0.1, 0.15) is 15.4 Å². The number of rotatable bonds is 4. The molecule has 0 saturated carbocycles. The van der Waals surface area contributed by atoms with Gasteiger partial charge in [0.05, 0.1) is 12.2 Å². The molecular formula is C14H12N2O2S. The highest BCUT2D eigenvalue weighted by atomic mass is 32.1. The molecule has 0 fully saturated rings. The molecule has 1 aromatic heterocycles. The molecule has 0 radical (unpaired) electrons. The number of thiazole rings is 1. The van der Waals surface area contributed by atoms with E-state index in [0.29, 0.717) is 17.4 Å². The fourth-order valence-electron chi connectivity index (χ4n) is 1.66. The van der Waals surface area contributed by atoms with Crippen LogP contribution in [0.15, 0.2) is 30.3 Å². The molecule has 0 saturated heterocycles. The van der Waals surface area contributed by atoms with Crippen LogP contribution in [0.2, 0.25) is 0 Å². The van der Waals surface area contributed by atoms with Crippen molar-refractivity contribution in [1.82, 2.24) is 4.98 Å². The lowest BCUT2D eigenvalue weighted by molar-refractivity contribution is 0.0701. The number of aromatic nitrogens is 1. The lowest BCUT2D eigenvalue weighted by Crippen LogP contribution is -2.16. The van der Waals surface area contributed by atoms with Crippen LogP contribution in [-0.4, -0.2) is 22.6 Å². The quantitative estimate of drug-likeness (QED) is 0.869. The van der Waals surface area contributed by atoms with Crippen LogP contribution >= 0.6 is 11.3 Å². The summed E-state index contributed by atoms with van der Waals surface area (Å²) < 4.78 is 0. The Kier molecular flexibility index (Phi) is 3.83. The van der Waals surface area contributed by atoms with E-state index in [4.69, 9.17) is 11.5 Å². The normalized spacial score (nSPS) is 9.89. The predicted molar refractivity (Wildman–Crippen MR) is 76.1 cm³/mol. The smallest absolute Gasteiger partial charge is 0.347 e. The van der Waals surface area contributed by atoms with Crippen molar-refractivity contribution in [2.75, 3.05) is 11.4 Å². The molecule has 0 bridgehead atoms. The van der Waals surface area contributed by atoms with Gasteiger partial charge in [-0.25, -0.2) is 9.78 Å². The van der Waals surface area contributed by atoms with Crippen LogP contribution in [0.4, 0.5) is 10.8 Å². The molecular weight excluding hydrogens is 260 g/mol. The number of aromatic carboxylic acids is 1. The molecule has 4 nitrogen and oxygen atoms in total. The standard InChI is InChI=1S/C14H12N2O2S/c1-3-9-16(11-7-5-4-6-8-11)14-15-10(2)12(19-14)13(17)18/h1,4-8H,9H2,2H3,(H,17,18). The predicted octanol–water partition coefficient (Wildman–Crippen LogP) is 2.92. The fourth-order valence-corrected chi connectivity index (χ4v) is 2.59. The summed E-state index contributed by atoms with van der Waals surface area (Å²) in [5, 5.41) is 9.67. The van der Waals surface area contributed by atoms with Crippen molar-refractivity contribution in [2.24, 2.45) is 0 Å². The van der Waals surface area contributed by atoms with Gasteiger partial charge in [0, 0.05) is 5.69 Å². The van der Waals surface area contributed by atoms with Gasteiger partial charge in [-0.3, -0.25) is 0 Å². The summed E-state index contributed by atoms with van der Waals surface area (Å²) in [6.45, 7) is 2.03. The summed E-state index contributed by atoms with van der Waals surface area (Å²) in [7, 11) is 0. The SMILES string of the molecule is C#CCN(c1ccccc1)c1nc(C)c(C(=O)O)s1. The molecule has 0 aliphatic heterocycles. The summed E-state index contributed by atoms with van der Waals surface area (Å²) >= 11 is 1.13. The van der Waals surface area contributed by atoms with Gasteiger partial charge in [0.1, 0.15) is 4.88 Å². The minimum atomic E-state index is -0.963. The van der Waals surface area contributed by atoms with Crippen LogP contribution in [-0.2, 0) is 0 Å². The number of carbonyl (C=O) groups is 1. The molecule has 2 rings (SSSR count). The van der Waals surface area contributed by atoms with E-state index in [1.54, 1.807) is 6.92 Å². The Morgan fingerprint density at radius 1 is 1.47 bits per heavy atom. The Balaban J connectivity index is 2.43. The van der Waals surface area contributed by atoms with E-state index < -0.39 is 5.97 Å². The monoisotopic (exact) mass is 272 g/mol. The second kappa shape index (κ2) is 5.55. The van der Waals surface area contributed by atoms with Crippen molar-refractivity contribution in [2.45, 2.75) is 6.92 Å². The third-order valence-electron chi connectivity index (χ3n) is 2.53. The van der Waals surface area contributed by atoms with E-state index >= 15 is 0 Å². The number of aryl methyl sites for hydroxylation is 1. The van der Waals surface area contributed by atoms with Gasteiger partial charge in [0.2, 0.25) is 0 Å². The average molecular weight is 272 g/mol. The number of carboxylic acid groups (broad SMARTS) is 1. The molecule has 96 valence electrons. The first-order valence-electron chi connectivity index (χ1n) is 5.60. The Labute approximate surface area is 115 Å². The fraction of sp³-hybridized carbons (Fsp3) is 0.143. The number of para-hydroxylation sites is 1. The second-order valence-corrected chi connectivity index (χ2v) is 4.82. The molecule has 1 heterocycles. The molecule has 0 spiro atoms. The van der Waals surface area contributed by atoms with Crippen molar-refractivity contribution in [1.29, 1.82) is 0 Å². The Bertz CT molecular complexity index is 629. The van der Waals surface area contributed by atoms with Crippen LogP contribution in [0.3, 0.4) is 0 Å². The molecule has 1 aromatic carbocycles. The van der Waals surface area contributed by atoms with Crippen molar-refractivity contribution in [3.63, 3.8) is 0 Å². The molecule has 2 aromatic rings. The minimum Gasteiger partial charge on any atom is -0.477 e. The lowest BCUT2D eigenvalue weighted by atomic mass is 10.3. The Hall–Kier alpha value is -2.32. The van der Waals surface area contributed by atoms with Crippen LogP contribution in [0, 0.1) is 19.3 Å². The Morgan fingerprint density at radius 3 is 2.68 bits per heavy atom. The molecule has 0 aliphatic rings. The van der Waals surface area contributed by atoms with Gasteiger partial charge in [-0.05, 0) is 19.1 Å². The molecule has 1 N–H and O–H groups in total. The van der Waals surface area contributed by atoms with Crippen molar-refractivity contribution >= 4 is 28.1 Å². The van der Waals surface area contributed by atoms with Gasteiger partial charge >= 0.3 is 5.97 Å². The molecule has 0 atom stereocenters. The molecule has 0 amide bonds. The topological polar surface area (TPSA) is 53.4 Å². The highest BCUT2D eigenvalue weighted by Crippen LogP contribution is 2.31. The molecule has 5 heteroatoms. The number of hydrogen-bond donors (Lipinski definition) is 1. The van der Waals surface area contributed by atoms with Crippen molar-refractivity contribution in [3.8, 4) is 12.3 Å². The Morgan fingerprint density at radius 2 is 2.16 bits per heavy atom. The zero-order valence-electron chi connectivity index (χ0n) is 10.3. The van der Waals surface area contributed by atoms with E-state index in [2.05, 4.69) is 10.9 Å². The van der Waals surface area contributed by atoms with Gasteiger partial charge in [-0.2, -0.15) is 0 Å². The maximum absolute atomic E-state index is 11.1. The van der Waals surface area contributed by atoms with Crippen LogP contribution < -0.4 is 4.90 Å². The van der Waals surface area contributed by atoms with Crippen LogP contribution in [0.5, 0.6) is 0 Å². The number of anilines is 2. The van der Waals surface area contributed by atoms with Gasteiger partial charge in [-0.1, -0.05) is 35.5 Å². The molecule has 19 heavy (non-hydrogen) atoms. The van der Waals surface area contributed by atoms with E-state index in [0.717, 1.165) is 17.0 Å². The van der Waals surface area contributed by atoms with Gasteiger partial charge in [0.15, 0.2) is 5.13 Å². The number of terminal acetylenes is 1. The van der Waals surface area contributed by atoms with Crippen molar-refractivity contribution < 1.29 is 9.90 Å². The summed E-state index contributed by atoms with van der Waals surface area (Å²) in [5.41, 5.74) is 1.40. The van der Waals surface area contributed by atoms with Gasteiger partial charge in [0.25, 0.3) is 0 Å².